The minimum Gasteiger partial charge on any atom is -0.328 e. The summed E-state index contributed by atoms with van der Waals surface area (Å²) in [5.74, 6) is 0.129. The number of hydrogen-bond acceptors (Lipinski definition) is 4. The van der Waals surface area contributed by atoms with Gasteiger partial charge in [0, 0.05) is 5.56 Å². The molecule has 4 rings (SSSR count). The summed E-state index contributed by atoms with van der Waals surface area (Å²) >= 11 is 3.32. The Bertz CT molecular complexity index is 866. The highest BCUT2D eigenvalue weighted by Gasteiger charge is 2.28. The van der Waals surface area contributed by atoms with Gasteiger partial charge in [0.15, 0.2) is 0 Å². The zero-order valence-electron chi connectivity index (χ0n) is 14.8. The van der Waals surface area contributed by atoms with Crippen LogP contribution in [0.4, 0.5) is 0 Å². The van der Waals surface area contributed by atoms with Gasteiger partial charge in [0.05, 0.1) is 41.8 Å². The molecule has 2 aromatic heterocycles. The number of aryl methyl sites for hydroxylation is 1. The molecule has 4 nitrogen and oxygen atoms in total. The molecular formula is C20H22N3OS2+. The zero-order valence-corrected chi connectivity index (χ0v) is 16.4. The second-order valence-corrected chi connectivity index (χ2v) is 8.81. The Kier molecular flexibility index (Phi) is 5.15. The van der Waals surface area contributed by atoms with Gasteiger partial charge >= 0.3 is 0 Å². The lowest BCUT2D eigenvalue weighted by Gasteiger charge is -2.31. The number of benzene rings is 1. The number of nitrogens with zero attached hydrogens (tertiary/aromatic N) is 2. The Morgan fingerprint density at radius 3 is 2.62 bits per heavy atom. The molecule has 1 aliphatic rings. The summed E-state index contributed by atoms with van der Waals surface area (Å²) in [5, 5.41) is 3.07. The predicted molar refractivity (Wildman–Crippen MR) is 107 cm³/mol. The van der Waals surface area contributed by atoms with Crippen LogP contribution in [0, 0.1) is 6.92 Å². The van der Waals surface area contributed by atoms with Crippen LogP contribution in [0.2, 0.25) is 0 Å². The number of thiophene rings is 1. The highest BCUT2D eigenvalue weighted by Crippen LogP contribution is 2.29. The molecular weight excluding hydrogens is 362 g/mol. The molecule has 1 fully saturated rings. The summed E-state index contributed by atoms with van der Waals surface area (Å²) < 4.78 is 0. The number of quaternary nitrogens is 1. The third-order valence-corrected chi connectivity index (χ3v) is 6.57. The van der Waals surface area contributed by atoms with Gasteiger partial charge in [-0.1, -0.05) is 36.4 Å². The number of thiazole rings is 1. The van der Waals surface area contributed by atoms with E-state index in [4.69, 9.17) is 0 Å². The van der Waals surface area contributed by atoms with Gasteiger partial charge in [-0.15, -0.1) is 22.7 Å². The first-order chi connectivity index (χ1) is 12.7. The first-order valence-corrected chi connectivity index (χ1v) is 10.6. The van der Waals surface area contributed by atoms with Crippen molar-refractivity contribution in [3.63, 3.8) is 0 Å². The van der Waals surface area contributed by atoms with Crippen molar-refractivity contribution in [3.05, 3.63) is 62.6 Å². The molecule has 0 saturated carbocycles. The van der Waals surface area contributed by atoms with E-state index >= 15 is 0 Å². The molecule has 3 aromatic rings. The molecule has 0 spiro atoms. The SMILES string of the molecule is Cc1nc(-c2ccccc2)c(C(=O)N2CC[NH+](Cc3cccs3)CC2)s1. The monoisotopic (exact) mass is 384 g/mol. The van der Waals surface area contributed by atoms with Gasteiger partial charge in [-0.3, -0.25) is 4.79 Å². The standard InChI is InChI=1S/C20H21N3OS2/c1-15-21-18(16-6-3-2-4-7-16)19(26-15)20(24)23-11-9-22(10-12-23)14-17-8-5-13-25-17/h2-8,13H,9-12,14H2,1H3/p+1. The Balaban J connectivity index is 1.46. The molecule has 0 bridgehead atoms. The van der Waals surface area contributed by atoms with E-state index in [1.165, 1.54) is 16.2 Å². The average molecular weight is 385 g/mol. The first-order valence-electron chi connectivity index (χ1n) is 8.89. The first kappa shape index (κ1) is 17.4. The van der Waals surface area contributed by atoms with Crippen molar-refractivity contribution < 1.29 is 9.69 Å². The molecule has 6 heteroatoms. The smallest absolute Gasteiger partial charge is 0.266 e. The summed E-state index contributed by atoms with van der Waals surface area (Å²) in [7, 11) is 0. The van der Waals surface area contributed by atoms with Crippen LogP contribution in [0.25, 0.3) is 11.3 Å². The highest BCUT2D eigenvalue weighted by molar-refractivity contribution is 7.14. The lowest BCUT2D eigenvalue weighted by atomic mass is 10.1. The van der Waals surface area contributed by atoms with E-state index in [1.54, 1.807) is 4.90 Å². The van der Waals surface area contributed by atoms with Crippen LogP contribution in [-0.4, -0.2) is 42.0 Å². The maximum atomic E-state index is 13.1. The molecule has 26 heavy (non-hydrogen) atoms. The minimum atomic E-state index is 0.129. The van der Waals surface area contributed by atoms with Crippen molar-refractivity contribution in [2.75, 3.05) is 26.2 Å². The predicted octanol–water partition coefficient (Wildman–Crippen LogP) is 2.72. The Labute approximate surface area is 161 Å². The number of amides is 1. The topological polar surface area (TPSA) is 37.6 Å². The second-order valence-electron chi connectivity index (χ2n) is 6.57. The van der Waals surface area contributed by atoms with Crippen molar-refractivity contribution in [3.8, 4) is 11.3 Å². The van der Waals surface area contributed by atoms with Crippen LogP contribution in [0.1, 0.15) is 19.6 Å². The number of nitrogens with one attached hydrogen (secondary N) is 1. The van der Waals surface area contributed by atoms with Gasteiger partial charge < -0.3 is 9.80 Å². The number of hydrogen-bond donors (Lipinski definition) is 1. The molecule has 1 N–H and O–H groups in total. The lowest BCUT2D eigenvalue weighted by molar-refractivity contribution is -0.917. The van der Waals surface area contributed by atoms with Gasteiger partial charge in [-0.2, -0.15) is 0 Å². The fourth-order valence-electron chi connectivity index (χ4n) is 3.37. The summed E-state index contributed by atoms with van der Waals surface area (Å²) in [6, 6.07) is 14.3. The lowest BCUT2D eigenvalue weighted by Crippen LogP contribution is -3.13. The van der Waals surface area contributed by atoms with Crippen molar-refractivity contribution in [1.82, 2.24) is 9.88 Å². The summed E-state index contributed by atoms with van der Waals surface area (Å²) in [4.78, 5) is 23.5. The normalized spacial score (nSPS) is 15.3. The van der Waals surface area contributed by atoms with Gasteiger partial charge in [-0.05, 0) is 18.4 Å². The van der Waals surface area contributed by atoms with Crippen molar-refractivity contribution in [2.24, 2.45) is 0 Å². The Hall–Kier alpha value is -2.02. The van der Waals surface area contributed by atoms with Crippen LogP contribution in [0.3, 0.4) is 0 Å². The van der Waals surface area contributed by atoms with E-state index in [0.29, 0.717) is 0 Å². The summed E-state index contributed by atoms with van der Waals surface area (Å²) in [6.45, 7) is 6.66. The molecule has 1 aliphatic heterocycles. The second kappa shape index (κ2) is 7.70. The molecule has 1 amide bonds. The maximum absolute atomic E-state index is 13.1. The van der Waals surface area contributed by atoms with Crippen LogP contribution in [-0.2, 0) is 6.54 Å². The third kappa shape index (κ3) is 3.72. The average Bonchev–Trinajstić information content (AvgIpc) is 3.32. The molecule has 1 saturated heterocycles. The Morgan fingerprint density at radius 2 is 1.92 bits per heavy atom. The third-order valence-electron chi connectivity index (χ3n) is 4.74. The molecule has 0 aliphatic carbocycles. The van der Waals surface area contributed by atoms with E-state index in [-0.39, 0.29) is 5.91 Å². The quantitative estimate of drug-likeness (QED) is 0.751. The van der Waals surface area contributed by atoms with Crippen LogP contribution in [0.15, 0.2) is 47.8 Å². The number of carbonyl (C=O) groups excluding carboxylic acids is 1. The van der Waals surface area contributed by atoms with Gasteiger partial charge in [0.1, 0.15) is 11.4 Å². The molecule has 0 unspecified atom stereocenters. The van der Waals surface area contributed by atoms with E-state index < -0.39 is 0 Å². The molecule has 0 atom stereocenters. The Morgan fingerprint density at radius 1 is 1.15 bits per heavy atom. The van der Waals surface area contributed by atoms with Gasteiger partial charge in [0.2, 0.25) is 0 Å². The number of carbonyl (C=O) groups is 1. The summed E-state index contributed by atoms with van der Waals surface area (Å²) in [5.41, 5.74) is 1.84. The molecule has 3 heterocycles. The van der Waals surface area contributed by atoms with Crippen LogP contribution in [0.5, 0.6) is 0 Å². The van der Waals surface area contributed by atoms with Gasteiger partial charge in [0.25, 0.3) is 5.91 Å². The van der Waals surface area contributed by atoms with E-state index in [2.05, 4.69) is 22.5 Å². The van der Waals surface area contributed by atoms with Crippen LogP contribution < -0.4 is 4.90 Å². The maximum Gasteiger partial charge on any atom is 0.266 e. The highest BCUT2D eigenvalue weighted by atomic mass is 32.1. The number of aromatic nitrogens is 1. The van der Waals surface area contributed by atoms with E-state index in [0.717, 1.165) is 53.9 Å². The fraction of sp³-hybridized carbons (Fsp3) is 0.300. The van der Waals surface area contributed by atoms with Crippen molar-refractivity contribution >= 4 is 28.6 Å². The number of rotatable bonds is 4. The van der Waals surface area contributed by atoms with E-state index in [9.17, 15) is 4.79 Å². The van der Waals surface area contributed by atoms with Crippen molar-refractivity contribution in [1.29, 1.82) is 0 Å². The molecule has 134 valence electrons. The molecule has 0 radical (unpaired) electrons. The number of piperazine rings is 1. The zero-order chi connectivity index (χ0) is 17.9. The minimum absolute atomic E-state index is 0.129. The molecule has 1 aromatic carbocycles. The summed E-state index contributed by atoms with van der Waals surface area (Å²) in [6.07, 6.45) is 0. The van der Waals surface area contributed by atoms with Gasteiger partial charge in [-0.25, -0.2) is 4.98 Å². The fourth-order valence-corrected chi connectivity index (χ4v) is 5.06. The van der Waals surface area contributed by atoms with Crippen LogP contribution >= 0.6 is 22.7 Å². The van der Waals surface area contributed by atoms with E-state index in [1.807, 2.05) is 53.5 Å². The largest absolute Gasteiger partial charge is 0.328 e. The van der Waals surface area contributed by atoms with Crippen molar-refractivity contribution in [2.45, 2.75) is 13.5 Å².